The average molecular weight is 350 g/mol. The Balaban J connectivity index is 0. The molecule has 10 N–H and O–H groups in total. The monoisotopic (exact) mass is 350 g/mol. The average Bonchev–Trinajstić information content (AvgIpc) is 3.00. The van der Waals surface area contributed by atoms with Gasteiger partial charge in [-0.3, -0.25) is 19.2 Å². The van der Waals surface area contributed by atoms with E-state index in [0.717, 1.165) is 19.4 Å². The number of carbonyl (C=O) groups is 4. The van der Waals surface area contributed by atoms with Crippen LogP contribution in [0.4, 0.5) is 0 Å². The molecular formula is C13H26N4O7. The molecule has 1 aliphatic rings. The molecule has 24 heavy (non-hydrogen) atoms. The van der Waals surface area contributed by atoms with Gasteiger partial charge in [0.15, 0.2) is 0 Å². The highest BCUT2D eigenvalue weighted by atomic mass is 16.4. The number of carboxylic acids is 3. The highest BCUT2D eigenvalue weighted by molar-refractivity contribution is 5.77. The summed E-state index contributed by atoms with van der Waals surface area (Å²) in [5.41, 5.74) is 14.6. The fourth-order valence-electron chi connectivity index (χ4n) is 1.32. The Bertz CT molecular complexity index is 423. The number of primary amides is 1. The second-order valence-corrected chi connectivity index (χ2v) is 5.06. The molecule has 11 nitrogen and oxygen atoms in total. The number of nitrogens with two attached hydrogens (primary N) is 3. The molecule has 0 unspecified atom stereocenters. The summed E-state index contributed by atoms with van der Waals surface area (Å²) in [6.07, 6.45) is 1.91. The molecule has 11 heteroatoms. The van der Waals surface area contributed by atoms with Gasteiger partial charge in [-0.1, -0.05) is 0 Å². The number of nitrogens with one attached hydrogen (secondary N) is 1. The van der Waals surface area contributed by atoms with E-state index in [2.05, 4.69) is 5.32 Å². The summed E-state index contributed by atoms with van der Waals surface area (Å²) in [5, 5.41) is 27.3. The topological polar surface area (TPSA) is 219 Å². The van der Waals surface area contributed by atoms with Crippen LogP contribution in [0.2, 0.25) is 0 Å². The van der Waals surface area contributed by atoms with Crippen LogP contribution in [0.15, 0.2) is 0 Å². The minimum absolute atomic E-state index is 0.0213. The van der Waals surface area contributed by atoms with Gasteiger partial charge >= 0.3 is 17.9 Å². The third kappa shape index (κ3) is 14.7. The summed E-state index contributed by atoms with van der Waals surface area (Å²) in [4.78, 5) is 39.8. The number of carbonyl (C=O) groups excluding carboxylic acids is 1. The summed E-state index contributed by atoms with van der Waals surface area (Å²) in [7, 11) is 0. The van der Waals surface area contributed by atoms with Gasteiger partial charge in [0, 0.05) is 6.42 Å². The predicted octanol–water partition coefficient (Wildman–Crippen LogP) is -2.09. The molecule has 1 heterocycles. The molecule has 0 bridgehead atoms. The third-order valence-corrected chi connectivity index (χ3v) is 2.77. The van der Waals surface area contributed by atoms with Crippen molar-refractivity contribution in [3.8, 4) is 0 Å². The van der Waals surface area contributed by atoms with Crippen LogP contribution >= 0.6 is 0 Å². The lowest BCUT2D eigenvalue weighted by Gasteiger charge is -2.01. The maximum absolute atomic E-state index is 10.1. The van der Waals surface area contributed by atoms with E-state index in [1.807, 2.05) is 0 Å². The summed E-state index contributed by atoms with van der Waals surface area (Å²) >= 11 is 0. The fraction of sp³-hybridized carbons (Fsp3) is 0.692. The van der Waals surface area contributed by atoms with Crippen molar-refractivity contribution < 1.29 is 34.5 Å². The van der Waals surface area contributed by atoms with Crippen molar-refractivity contribution in [3.05, 3.63) is 0 Å². The molecule has 0 radical (unpaired) electrons. The van der Waals surface area contributed by atoms with E-state index in [9.17, 15) is 19.2 Å². The van der Waals surface area contributed by atoms with Gasteiger partial charge in [-0.05, 0) is 32.7 Å². The van der Waals surface area contributed by atoms with Crippen LogP contribution in [-0.2, 0) is 19.2 Å². The van der Waals surface area contributed by atoms with Gasteiger partial charge in [0.1, 0.15) is 18.1 Å². The molecule has 0 aromatic heterocycles. The zero-order chi connectivity index (χ0) is 19.3. The molecule has 0 aliphatic carbocycles. The minimum Gasteiger partial charge on any atom is -0.480 e. The van der Waals surface area contributed by atoms with Crippen molar-refractivity contribution >= 4 is 23.8 Å². The molecule has 1 aliphatic heterocycles. The zero-order valence-corrected chi connectivity index (χ0v) is 13.5. The lowest BCUT2D eigenvalue weighted by Crippen LogP contribution is -2.31. The first-order chi connectivity index (χ1) is 11.0. The Morgan fingerprint density at radius 3 is 1.83 bits per heavy atom. The smallest absolute Gasteiger partial charge is 0.320 e. The molecule has 0 spiro atoms. The minimum atomic E-state index is -1.11. The van der Waals surface area contributed by atoms with Crippen LogP contribution in [0.5, 0.6) is 0 Å². The number of rotatable bonds is 6. The molecule has 1 saturated heterocycles. The first-order valence-corrected chi connectivity index (χ1v) is 7.20. The van der Waals surface area contributed by atoms with E-state index in [-0.39, 0.29) is 18.9 Å². The Labute approximate surface area is 139 Å². The molecule has 140 valence electrons. The van der Waals surface area contributed by atoms with Crippen LogP contribution in [0.3, 0.4) is 0 Å². The largest absolute Gasteiger partial charge is 0.480 e. The Morgan fingerprint density at radius 2 is 1.62 bits per heavy atom. The van der Waals surface area contributed by atoms with Gasteiger partial charge < -0.3 is 37.8 Å². The maximum atomic E-state index is 10.1. The van der Waals surface area contributed by atoms with Crippen molar-refractivity contribution in [1.82, 2.24) is 5.32 Å². The van der Waals surface area contributed by atoms with Crippen molar-refractivity contribution in [2.45, 2.75) is 50.7 Å². The summed E-state index contributed by atoms with van der Waals surface area (Å²) in [6.45, 7) is 2.28. The van der Waals surface area contributed by atoms with E-state index in [0.29, 0.717) is 0 Å². The van der Waals surface area contributed by atoms with Crippen molar-refractivity contribution in [3.63, 3.8) is 0 Å². The van der Waals surface area contributed by atoms with Crippen LogP contribution in [0.1, 0.15) is 32.6 Å². The normalized spacial score (nSPS) is 18.0. The van der Waals surface area contributed by atoms with Gasteiger partial charge in [0.05, 0.1) is 0 Å². The first kappa shape index (κ1) is 24.0. The van der Waals surface area contributed by atoms with Gasteiger partial charge in [0.2, 0.25) is 5.91 Å². The van der Waals surface area contributed by atoms with Crippen LogP contribution in [-0.4, -0.2) is 63.8 Å². The summed E-state index contributed by atoms with van der Waals surface area (Å²) < 4.78 is 0. The molecule has 0 aromatic carbocycles. The Kier molecular flexibility index (Phi) is 13.2. The number of amides is 1. The van der Waals surface area contributed by atoms with Gasteiger partial charge in [-0.2, -0.15) is 0 Å². The number of carboxylic acid groups (broad SMARTS) is 3. The summed E-state index contributed by atoms with van der Waals surface area (Å²) in [6, 6.07) is -1.98. The van der Waals surface area contributed by atoms with E-state index in [4.69, 9.17) is 32.5 Å². The number of aliphatic carboxylic acids is 3. The van der Waals surface area contributed by atoms with Crippen LogP contribution in [0.25, 0.3) is 0 Å². The number of hydrogen-bond donors (Lipinski definition) is 7. The van der Waals surface area contributed by atoms with Crippen molar-refractivity contribution in [1.29, 1.82) is 0 Å². The fourth-order valence-corrected chi connectivity index (χ4v) is 1.32. The highest BCUT2D eigenvalue weighted by Crippen LogP contribution is 2.03. The molecule has 0 aromatic rings. The molecule has 1 rings (SSSR count). The van der Waals surface area contributed by atoms with E-state index in [1.54, 1.807) is 0 Å². The van der Waals surface area contributed by atoms with E-state index < -0.39 is 35.9 Å². The predicted molar refractivity (Wildman–Crippen MR) is 84.0 cm³/mol. The second kappa shape index (κ2) is 13.2. The Morgan fingerprint density at radius 1 is 1.12 bits per heavy atom. The molecule has 1 amide bonds. The standard InChI is InChI=1S/C5H10N2O3.C5H9NO2.C3H7NO2/c6-3(5(9)10)1-2-4(7)8;7-5(8)4-2-1-3-6-4;1-2(4)3(5)6/h3H,1-2,6H2,(H2,7,8)(H,9,10);4,6H,1-3H2,(H,7,8);2H,4H2,1H3,(H,5,6)/t3-;4-;2-/m000/s1. The quantitative estimate of drug-likeness (QED) is 0.276. The van der Waals surface area contributed by atoms with E-state index in [1.165, 1.54) is 6.92 Å². The third-order valence-electron chi connectivity index (χ3n) is 2.77. The van der Waals surface area contributed by atoms with Crippen molar-refractivity contribution in [2.24, 2.45) is 17.2 Å². The maximum Gasteiger partial charge on any atom is 0.320 e. The first-order valence-electron chi connectivity index (χ1n) is 7.20. The summed E-state index contributed by atoms with van der Waals surface area (Å²) in [5.74, 6) is -3.32. The highest BCUT2D eigenvalue weighted by Gasteiger charge is 2.20. The SMILES string of the molecule is C[C@H](N)C(=O)O.NC(=O)CC[C@H](N)C(=O)O.O=C(O)[C@@H]1CCCN1. The lowest BCUT2D eigenvalue weighted by atomic mass is 10.2. The van der Waals surface area contributed by atoms with E-state index >= 15 is 0 Å². The molecule has 1 fully saturated rings. The zero-order valence-electron chi connectivity index (χ0n) is 13.5. The lowest BCUT2D eigenvalue weighted by molar-refractivity contribution is -0.139. The number of hydrogen-bond acceptors (Lipinski definition) is 7. The molecule has 0 saturated carbocycles. The Hall–Kier alpha value is -2.24. The van der Waals surface area contributed by atoms with Crippen LogP contribution in [0, 0.1) is 0 Å². The van der Waals surface area contributed by atoms with Crippen LogP contribution < -0.4 is 22.5 Å². The van der Waals surface area contributed by atoms with Crippen molar-refractivity contribution in [2.75, 3.05) is 6.54 Å². The van der Waals surface area contributed by atoms with Gasteiger partial charge in [-0.25, -0.2) is 0 Å². The molecular weight excluding hydrogens is 324 g/mol. The van der Waals surface area contributed by atoms with Gasteiger partial charge in [0.25, 0.3) is 0 Å². The molecule has 3 atom stereocenters. The van der Waals surface area contributed by atoms with Gasteiger partial charge in [-0.15, -0.1) is 0 Å². The second-order valence-electron chi connectivity index (χ2n) is 5.06.